The van der Waals surface area contributed by atoms with Gasteiger partial charge in [-0.05, 0) is 68.3 Å². The number of benzene rings is 3. The molecule has 5 nitrogen and oxygen atoms in total. The van der Waals surface area contributed by atoms with Crippen molar-refractivity contribution in [1.82, 2.24) is 0 Å². The summed E-state index contributed by atoms with van der Waals surface area (Å²) in [6.45, 7) is 5.95. The monoisotopic (exact) mass is 479 g/mol. The molecule has 34 heavy (non-hydrogen) atoms. The first-order chi connectivity index (χ1) is 16.2. The van der Waals surface area contributed by atoms with Gasteiger partial charge >= 0.3 is 0 Å². The fourth-order valence-electron chi connectivity index (χ4n) is 4.04. The zero-order valence-corrected chi connectivity index (χ0v) is 19.7. The fourth-order valence-corrected chi connectivity index (χ4v) is 4.21. The topological polar surface area (TPSA) is 66.8 Å². The standard InChI is InChI=1S/C27H23ClFNO4/c1-4-34-22-14-17(10-12-20(22)28)25(31)23-24(19-7-5-6-8-21(19)29)30(27(33)26(23)32)18-11-9-15(2)16(3)13-18/h5-14,24,31H,4H2,1-3H3/b25-23+. The number of amides is 1. The van der Waals surface area contributed by atoms with Crippen molar-refractivity contribution in [2.45, 2.75) is 26.8 Å². The van der Waals surface area contributed by atoms with E-state index in [1.54, 1.807) is 25.1 Å². The number of aliphatic hydroxyl groups excluding tert-OH is 1. The molecule has 0 bridgehead atoms. The van der Waals surface area contributed by atoms with E-state index in [2.05, 4.69) is 0 Å². The Morgan fingerprint density at radius 3 is 2.47 bits per heavy atom. The first kappa shape index (κ1) is 23.5. The summed E-state index contributed by atoms with van der Waals surface area (Å²) in [5.74, 6) is -2.47. The van der Waals surface area contributed by atoms with Gasteiger partial charge < -0.3 is 9.84 Å². The molecule has 0 spiro atoms. The van der Waals surface area contributed by atoms with E-state index in [0.717, 1.165) is 11.1 Å². The predicted molar refractivity (Wildman–Crippen MR) is 130 cm³/mol. The number of hydrogen-bond donors (Lipinski definition) is 1. The lowest BCUT2D eigenvalue weighted by molar-refractivity contribution is -0.132. The third kappa shape index (κ3) is 4.05. The van der Waals surface area contributed by atoms with Crippen LogP contribution in [0.25, 0.3) is 5.76 Å². The summed E-state index contributed by atoms with van der Waals surface area (Å²) in [5, 5.41) is 11.6. The third-order valence-electron chi connectivity index (χ3n) is 5.92. The molecule has 1 heterocycles. The van der Waals surface area contributed by atoms with Crippen LogP contribution in [0.1, 0.15) is 35.2 Å². The SMILES string of the molecule is CCOc1cc(/C(O)=C2\C(=O)C(=O)N(c3ccc(C)c(C)c3)C2c2ccccc2F)ccc1Cl. The van der Waals surface area contributed by atoms with Crippen LogP contribution >= 0.6 is 11.6 Å². The molecule has 3 aromatic rings. The van der Waals surface area contributed by atoms with E-state index in [9.17, 15) is 19.1 Å². The molecule has 3 aromatic carbocycles. The number of nitrogens with zero attached hydrogens (tertiary/aromatic N) is 1. The minimum atomic E-state index is -1.16. The van der Waals surface area contributed by atoms with Crippen LogP contribution in [-0.2, 0) is 9.59 Å². The Bertz CT molecular complexity index is 1330. The van der Waals surface area contributed by atoms with Gasteiger partial charge in [0.2, 0.25) is 0 Å². The maximum atomic E-state index is 15.0. The van der Waals surface area contributed by atoms with Crippen LogP contribution in [0.3, 0.4) is 0 Å². The lowest BCUT2D eigenvalue weighted by atomic mass is 9.94. The van der Waals surface area contributed by atoms with E-state index >= 15 is 0 Å². The van der Waals surface area contributed by atoms with Gasteiger partial charge in [0.25, 0.3) is 11.7 Å². The fraction of sp³-hybridized carbons (Fsp3) is 0.185. The molecule has 1 N–H and O–H groups in total. The van der Waals surface area contributed by atoms with Gasteiger partial charge in [-0.2, -0.15) is 0 Å². The molecule has 1 aliphatic heterocycles. The summed E-state index contributed by atoms with van der Waals surface area (Å²) in [4.78, 5) is 27.7. The second-order valence-corrected chi connectivity index (χ2v) is 8.44. The van der Waals surface area contributed by atoms with Crippen molar-refractivity contribution in [3.05, 3.63) is 99.3 Å². The molecule has 4 rings (SSSR count). The molecule has 0 aromatic heterocycles. The van der Waals surface area contributed by atoms with Gasteiger partial charge in [-0.1, -0.05) is 35.9 Å². The van der Waals surface area contributed by atoms with E-state index in [0.29, 0.717) is 23.1 Å². The van der Waals surface area contributed by atoms with Crippen LogP contribution in [-0.4, -0.2) is 23.4 Å². The van der Waals surface area contributed by atoms with Crippen molar-refractivity contribution in [3.63, 3.8) is 0 Å². The molecular weight excluding hydrogens is 457 g/mol. The van der Waals surface area contributed by atoms with Gasteiger partial charge in [0, 0.05) is 16.8 Å². The first-order valence-electron chi connectivity index (χ1n) is 10.8. The molecule has 1 saturated heterocycles. The van der Waals surface area contributed by atoms with Crippen molar-refractivity contribution >= 4 is 34.7 Å². The zero-order chi connectivity index (χ0) is 24.6. The van der Waals surface area contributed by atoms with E-state index in [1.165, 1.54) is 41.3 Å². The summed E-state index contributed by atoms with van der Waals surface area (Å²) in [6.07, 6.45) is 0. The van der Waals surface area contributed by atoms with Crippen LogP contribution in [0, 0.1) is 19.7 Å². The molecule has 0 radical (unpaired) electrons. The number of ketones is 1. The highest BCUT2D eigenvalue weighted by molar-refractivity contribution is 6.51. The van der Waals surface area contributed by atoms with Crippen molar-refractivity contribution < 1.29 is 23.8 Å². The van der Waals surface area contributed by atoms with Crippen LogP contribution < -0.4 is 9.64 Å². The van der Waals surface area contributed by atoms with Gasteiger partial charge in [-0.15, -0.1) is 0 Å². The average molecular weight is 480 g/mol. The second-order valence-electron chi connectivity index (χ2n) is 8.04. The van der Waals surface area contributed by atoms with Gasteiger partial charge in [0.05, 0.1) is 23.2 Å². The summed E-state index contributed by atoms with van der Waals surface area (Å²) < 4.78 is 20.5. The molecule has 1 atom stereocenters. The zero-order valence-electron chi connectivity index (χ0n) is 18.9. The lowest BCUT2D eigenvalue weighted by Crippen LogP contribution is -2.30. The quantitative estimate of drug-likeness (QED) is 0.272. The van der Waals surface area contributed by atoms with Crippen LogP contribution in [0.4, 0.5) is 10.1 Å². The summed E-state index contributed by atoms with van der Waals surface area (Å²) in [5.41, 5.74) is 2.47. The minimum absolute atomic E-state index is 0.0977. The number of aliphatic hydroxyl groups is 1. The first-order valence-corrected chi connectivity index (χ1v) is 11.2. The molecule has 1 unspecified atom stereocenters. The van der Waals surface area contributed by atoms with Gasteiger partial charge in [-0.3, -0.25) is 14.5 Å². The van der Waals surface area contributed by atoms with Crippen molar-refractivity contribution in [1.29, 1.82) is 0 Å². The van der Waals surface area contributed by atoms with Crippen molar-refractivity contribution in [2.75, 3.05) is 11.5 Å². The maximum absolute atomic E-state index is 15.0. The summed E-state index contributed by atoms with van der Waals surface area (Å²) >= 11 is 6.17. The van der Waals surface area contributed by atoms with Gasteiger partial charge in [0.15, 0.2) is 0 Å². The van der Waals surface area contributed by atoms with Gasteiger partial charge in [0.1, 0.15) is 17.3 Å². The number of rotatable bonds is 5. The Labute approximate surface area is 202 Å². The smallest absolute Gasteiger partial charge is 0.300 e. The summed E-state index contributed by atoms with van der Waals surface area (Å²) in [7, 11) is 0. The minimum Gasteiger partial charge on any atom is -0.507 e. The van der Waals surface area contributed by atoms with Gasteiger partial charge in [-0.25, -0.2) is 4.39 Å². The Hall–Kier alpha value is -3.64. The number of hydrogen-bond acceptors (Lipinski definition) is 4. The van der Waals surface area contributed by atoms with E-state index < -0.39 is 29.3 Å². The Morgan fingerprint density at radius 2 is 1.79 bits per heavy atom. The molecule has 1 fully saturated rings. The van der Waals surface area contributed by atoms with Crippen LogP contribution in [0.15, 0.2) is 66.2 Å². The van der Waals surface area contributed by atoms with Crippen LogP contribution in [0.2, 0.25) is 5.02 Å². The number of anilines is 1. The number of halogens is 2. The molecule has 0 saturated carbocycles. The van der Waals surface area contributed by atoms with Crippen LogP contribution in [0.5, 0.6) is 5.75 Å². The Balaban J connectivity index is 1.96. The maximum Gasteiger partial charge on any atom is 0.300 e. The normalized spacial score (nSPS) is 17.3. The third-order valence-corrected chi connectivity index (χ3v) is 6.23. The highest BCUT2D eigenvalue weighted by atomic mass is 35.5. The average Bonchev–Trinajstić information content (AvgIpc) is 3.07. The largest absolute Gasteiger partial charge is 0.507 e. The Kier molecular flexibility index (Phi) is 6.44. The van der Waals surface area contributed by atoms with E-state index in [1.807, 2.05) is 19.9 Å². The van der Waals surface area contributed by atoms with E-state index in [-0.39, 0.29) is 16.7 Å². The highest BCUT2D eigenvalue weighted by Crippen LogP contribution is 2.43. The highest BCUT2D eigenvalue weighted by Gasteiger charge is 2.47. The molecule has 174 valence electrons. The number of Topliss-reactive ketones (excluding diaryl/α,β-unsaturated/α-hetero) is 1. The number of carbonyl (C=O) groups excluding carboxylic acids is 2. The van der Waals surface area contributed by atoms with E-state index in [4.69, 9.17) is 16.3 Å². The Morgan fingerprint density at radius 1 is 1.06 bits per heavy atom. The molecule has 7 heteroatoms. The number of aryl methyl sites for hydroxylation is 2. The second kappa shape index (κ2) is 9.31. The predicted octanol–water partition coefficient (Wildman–Crippen LogP) is 6.12. The molecule has 1 amide bonds. The van der Waals surface area contributed by atoms with Crippen molar-refractivity contribution in [3.8, 4) is 5.75 Å². The summed E-state index contributed by atoms with van der Waals surface area (Å²) in [6, 6.07) is 14.6. The molecule has 0 aliphatic carbocycles. The number of ether oxygens (including phenoxy) is 1. The van der Waals surface area contributed by atoms with Crippen molar-refractivity contribution in [2.24, 2.45) is 0 Å². The number of carbonyl (C=O) groups is 2. The molecule has 1 aliphatic rings. The molecular formula is C27H23ClFNO4. The lowest BCUT2D eigenvalue weighted by Gasteiger charge is -2.26.